The highest BCUT2D eigenvalue weighted by Gasteiger charge is 2.35. The average Bonchev–Trinajstić information content (AvgIpc) is 2.68. The lowest BCUT2D eigenvalue weighted by atomic mass is 9.85. The third-order valence-electron chi connectivity index (χ3n) is 5.20. The van der Waals surface area contributed by atoms with Crippen LogP contribution in [0.15, 0.2) is 72.8 Å². The molecule has 2 aromatic carbocycles. The maximum absolute atomic E-state index is 13.4. The van der Waals surface area contributed by atoms with Gasteiger partial charge in [-0.1, -0.05) is 93.6 Å². The summed E-state index contributed by atoms with van der Waals surface area (Å²) in [5, 5.41) is 10.4. The van der Waals surface area contributed by atoms with E-state index >= 15 is 0 Å². The second kappa shape index (κ2) is 10.4. The summed E-state index contributed by atoms with van der Waals surface area (Å²) in [5.41, 5.74) is 2.97. The lowest BCUT2D eigenvalue weighted by Crippen LogP contribution is -2.48. The van der Waals surface area contributed by atoms with Gasteiger partial charge in [0.25, 0.3) is 0 Å². The molecular formula is C25H33NO2. The average molecular weight is 380 g/mol. The zero-order chi connectivity index (χ0) is 20.7. The van der Waals surface area contributed by atoms with Crippen molar-refractivity contribution in [3.05, 3.63) is 83.9 Å². The van der Waals surface area contributed by atoms with Crippen LogP contribution in [0.4, 0.5) is 0 Å². The molecule has 0 spiro atoms. The van der Waals surface area contributed by atoms with Crippen molar-refractivity contribution in [3.63, 3.8) is 0 Å². The zero-order valence-corrected chi connectivity index (χ0v) is 17.5. The lowest BCUT2D eigenvalue weighted by Gasteiger charge is -2.36. The third-order valence-corrected chi connectivity index (χ3v) is 5.20. The molecule has 3 atom stereocenters. The molecule has 0 heterocycles. The minimum atomic E-state index is -0.816. The normalized spacial score (nSPS) is 14.7. The molecule has 0 aliphatic rings. The molecule has 1 N–H and O–H groups in total. The maximum Gasteiger partial charge on any atom is 0.155 e. The van der Waals surface area contributed by atoms with E-state index in [0.29, 0.717) is 18.7 Å². The first-order valence-corrected chi connectivity index (χ1v) is 10.00. The summed E-state index contributed by atoms with van der Waals surface area (Å²) < 4.78 is 0. The maximum atomic E-state index is 13.4. The van der Waals surface area contributed by atoms with Crippen molar-refractivity contribution in [1.29, 1.82) is 0 Å². The number of aliphatic hydroxyl groups is 1. The van der Waals surface area contributed by atoms with Crippen LogP contribution in [-0.4, -0.2) is 27.9 Å². The molecule has 0 saturated heterocycles. The van der Waals surface area contributed by atoms with E-state index in [2.05, 4.69) is 49.6 Å². The fourth-order valence-electron chi connectivity index (χ4n) is 3.67. The van der Waals surface area contributed by atoms with Crippen molar-refractivity contribution in [3.8, 4) is 0 Å². The molecule has 3 nitrogen and oxygen atoms in total. The Hall–Kier alpha value is -2.23. The first-order valence-electron chi connectivity index (χ1n) is 10.00. The van der Waals surface area contributed by atoms with Gasteiger partial charge in [-0.2, -0.15) is 0 Å². The third kappa shape index (κ3) is 5.88. The van der Waals surface area contributed by atoms with E-state index in [0.717, 1.165) is 0 Å². The quantitative estimate of drug-likeness (QED) is 0.600. The first kappa shape index (κ1) is 22.1. The Morgan fingerprint density at radius 2 is 1.36 bits per heavy atom. The SMILES string of the molecule is C=C(C)[C@H](O)[C@H](C)C(=O)[C@H](C(C)C)N(Cc1ccccc1)Cc1ccccc1. The molecule has 150 valence electrons. The number of nitrogens with zero attached hydrogens (tertiary/aromatic N) is 1. The van der Waals surface area contributed by atoms with Gasteiger partial charge in [0.2, 0.25) is 0 Å². The number of aliphatic hydroxyl groups excluding tert-OH is 1. The highest BCUT2D eigenvalue weighted by atomic mass is 16.3. The number of rotatable bonds is 10. The predicted octanol–water partition coefficient (Wildman–Crippen LogP) is 4.86. The largest absolute Gasteiger partial charge is 0.388 e. The van der Waals surface area contributed by atoms with Crippen molar-refractivity contribution in [1.82, 2.24) is 4.90 Å². The summed E-state index contributed by atoms with van der Waals surface area (Å²) in [7, 11) is 0. The van der Waals surface area contributed by atoms with Crippen molar-refractivity contribution in [2.24, 2.45) is 11.8 Å². The van der Waals surface area contributed by atoms with Gasteiger partial charge in [-0.15, -0.1) is 0 Å². The molecule has 2 aromatic rings. The van der Waals surface area contributed by atoms with Crippen LogP contribution in [-0.2, 0) is 17.9 Å². The molecule has 0 aliphatic heterocycles. The van der Waals surface area contributed by atoms with Gasteiger partial charge in [-0.3, -0.25) is 9.69 Å². The van der Waals surface area contributed by atoms with Crippen LogP contribution in [0.3, 0.4) is 0 Å². The van der Waals surface area contributed by atoms with Gasteiger partial charge in [0.05, 0.1) is 12.1 Å². The molecule has 0 unspecified atom stereocenters. The Balaban J connectivity index is 2.35. The van der Waals surface area contributed by atoms with Crippen LogP contribution < -0.4 is 0 Å². The van der Waals surface area contributed by atoms with E-state index in [1.165, 1.54) is 11.1 Å². The van der Waals surface area contributed by atoms with Crippen LogP contribution in [0.1, 0.15) is 38.8 Å². The zero-order valence-electron chi connectivity index (χ0n) is 17.5. The fraction of sp³-hybridized carbons (Fsp3) is 0.400. The second-order valence-electron chi connectivity index (χ2n) is 8.05. The number of carbonyl (C=O) groups is 1. The van der Waals surface area contributed by atoms with E-state index in [1.807, 2.05) is 36.4 Å². The summed E-state index contributed by atoms with van der Waals surface area (Å²) in [6, 6.07) is 20.2. The number of Topliss-reactive ketones (excluding diaryl/α,β-unsaturated/α-hetero) is 1. The molecular weight excluding hydrogens is 346 g/mol. The summed E-state index contributed by atoms with van der Waals surface area (Å²) in [6.45, 7) is 12.9. The van der Waals surface area contributed by atoms with Gasteiger partial charge in [0.15, 0.2) is 5.78 Å². The van der Waals surface area contributed by atoms with Gasteiger partial charge in [-0.25, -0.2) is 0 Å². The van der Waals surface area contributed by atoms with Crippen LogP contribution >= 0.6 is 0 Å². The van der Waals surface area contributed by atoms with E-state index in [4.69, 9.17) is 0 Å². The van der Waals surface area contributed by atoms with Gasteiger partial charge < -0.3 is 5.11 Å². The second-order valence-corrected chi connectivity index (χ2v) is 8.05. The van der Waals surface area contributed by atoms with Crippen LogP contribution in [0.25, 0.3) is 0 Å². The number of hydrogen-bond donors (Lipinski definition) is 1. The number of benzene rings is 2. The highest BCUT2D eigenvalue weighted by molar-refractivity contribution is 5.87. The number of ketones is 1. The highest BCUT2D eigenvalue weighted by Crippen LogP contribution is 2.24. The fourth-order valence-corrected chi connectivity index (χ4v) is 3.67. The monoisotopic (exact) mass is 379 g/mol. The molecule has 28 heavy (non-hydrogen) atoms. The molecule has 0 fully saturated rings. The summed E-state index contributed by atoms with van der Waals surface area (Å²) in [4.78, 5) is 15.6. The van der Waals surface area contributed by atoms with Gasteiger partial charge >= 0.3 is 0 Å². The van der Waals surface area contributed by atoms with Crippen LogP contribution in [0.5, 0.6) is 0 Å². The van der Waals surface area contributed by atoms with E-state index in [9.17, 15) is 9.90 Å². The predicted molar refractivity (Wildman–Crippen MR) is 116 cm³/mol. The van der Waals surface area contributed by atoms with E-state index in [1.54, 1.807) is 13.8 Å². The summed E-state index contributed by atoms with van der Waals surface area (Å²) in [5.74, 6) is -0.295. The minimum absolute atomic E-state index is 0.0670. The molecule has 0 aromatic heterocycles. The molecule has 2 rings (SSSR count). The minimum Gasteiger partial charge on any atom is -0.388 e. The molecule has 0 saturated carbocycles. The summed E-state index contributed by atoms with van der Waals surface area (Å²) in [6.07, 6.45) is -0.816. The van der Waals surface area contributed by atoms with Crippen molar-refractivity contribution >= 4 is 5.78 Å². The Bertz CT molecular complexity index is 713. The Labute approximate surface area is 169 Å². The number of carbonyl (C=O) groups excluding carboxylic acids is 1. The van der Waals surface area contributed by atoms with E-state index in [-0.39, 0.29) is 17.7 Å². The molecule has 0 amide bonds. The van der Waals surface area contributed by atoms with Crippen molar-refractivity contribution in [2.45, 2.75) is 52.9 Å². The summed E-state index contributed by atoms with van der Waals surface area (Å²) >= 11 is 0. The van der Waals surface area contributed by atoms with Gasteiger partial charge in [-0.05, 0) is 24.0 Å². The molecule has 3 heteroatoms. The van der Waals surface area contributed by atoms with Crippen molar-refractivity contribution in [2.75, 3.05) is 0 Å². The Morgan fingerprint density at radius 3 is 1.71 bits per heavy atom. The van der Waals surface area contributed by atoms with Gasteiger partial charge in [0, 0.05) is 19.0 Å². The standard InChI is InChI=1S/C25H33NO2/c1-18(2)23(25(28)20(5)24(27)19(3)4)26(16-21-12-8-6-9-13-21)17-22-14-10-7-11-15-22/h6-15,18,20,23-24,27H,3,16-17H2,1-2,4-5H3/t20-,23-,24-/m0/s1. The smallest absolute Gasteiger partial charge is 0.155 e. The van der Waals surface area contributed by atoms with Crippen molar-refractivity contribution < 1.29 is 9.90 Å². The van der Waals surface area contributed by atoms with Crippen LogP contribution in [0, 0.1) is 11.8 Å². The topological polar surface area (TPSA) is 40.5 Å². The van der Waals surface area contributed by atoms with Crippen LogP contribution in [0.2, 0.25) is 0 Å². The molecule has 0 aliphatic carbocycles. The Morgan fingerprint density at radius 1 is 0.929 bits per heavy atom. The first-order chi connectivity index (χ1) is 13.3. The van der Waals surface area contributed by atoms with Gasteiger partial charge in [0.1, 0.15) is 0 Å². The Kier molecular flexibility index (Phi) is 8.16. The van der Waals surface area contributed by atoms with E-state index < -0.39 is 12.0 Å². The molecule has 0 radical (unpaired) electrons. The lowest BCUT2D eigenvalue weighted by molar-refractivity contribution is -0.132. The number of hydrogen-bond acceptors (Lipinski definition) is 3. The molecule has 0 bridgehead atoms.